The van der Waals surface area contributed by atoms with Crippen molar-refractivity contribution in [1.82, 2.24) is 9.55 Å². The van der Waals surface area contributed by atoms with Gasteiger partial charge in [-0.2, -0.15) is 0 Å². The first-order valence-corrected chi connectivity index (χ1v) is 20.6. The Balaban J connectivity index is 1.19. The van der Waals surface area contributed by atoms with Gasteiger partial charge in [-0.25, -0.2) is 4.98 Å². The SMILES string of the molecule is CC(C)(C)C1=CN(c2cc(Oc3ccc4c5ccccc5n(-c5cc(C(C)(C)c6ccccc6)ccn5)c4c3)cc(C(C)(C)C)c2)CN1c1cccc(C(C)(C)C)c1. The second kappa shape index (κ2) is 14.2. The lowest BCUT2D eigenvalue weighted by atomic mass is 9.78. The van der Waals surface area contributed by atoms with Crippen molar-refractivity contribution in [2.75, 3.05) is 16.5 Å². The number of anilines is 2. The van der Waals surface area contributed by atoms with Gasteiger partial charge in [-0.05, 0) is 87.7 Å². The number of fused-ring (bicyclic) bond motifs is 3. The standard InChI is InChI=1S/C53H58N4O/c1-50(2,3)37-20-17-21-40(28-37)56-35-55(34-48(56)52(7,8)9)41-29-39(51(4,5)6)30-43(32-41)58-42-24-25-45-44-22-15-16-23-46(44)57(47(45)33-42)49-31-38(26-27-54-49)53(10,11)36-18-13-12-14-19-36/h12-34H,35H2,1-11H3. The molecule has 0 atom stereocenters. The molecule has 0 bridgehead atoms. The van der Waals surface area contributed by atoms with Crippen molar-refractivity contribution in [1.29, 1.82) is 0 Å². The molecular formula is C53H58N4O. The lowest BCUT2D eigenvalue weighted by Crippen LogP contribution is -2.31. The Morgan fingerprint density at radius 2 is 1.17 bits per heavy atom. The number of benzene rings is 5. The third-order valence-electron chi connectivity index (χ3n) is 11.8. The molecule has 1 aliphatic heterocycles. The summed E-state index contributed by atoms with van der Waals surface area (Å²) in [5, 5.41) is 2.35. The average molecular weight is 767 g/mol. The van der Waals surface area contributed by atoms with Gasteiger partial charge in [0.2, 0.25) is 0 Å². The molecule has 0 spiro atoms. The summed E-state index contributed by atoms with van der Waals surface area (Å²) >= 11 is 0. The van der Waals surface area contributed by atoms with Crippen LogP contribution < -0.4 is 14.5 Å². The number of para-hydroxylation sites is 1. The Hall–Kier alpha value is -5.81. The van der Waals surface area contributed by atoms with Crippen molar-refractivity contribution in [3.05, 3.63) is 168 Å². The Labute approximate surface area is 345 Å². The van der Waals surface area contributed by atoms with Crippen molar-refractivity contribution >= 4 is 33.2 Å². The first kappa shape index (κ1) is 39.0. The van der Waals surface area contributed by atoms with E-state index in [1.165, 1.54) is 39.0 Å². The van der Waals surface area contributed by atoms with Gasteiger partial charge in [0.15, 0.2) is 0 Å². The lowest BCUT2D eigenvalue weighted by molar-refractivity contribution is 0.479. The monoisotopic (exact) mass is 766 g/mol. The molecule has 2 aromatic heterocycles. The van der Waals surface area contributed by atoms with Gasteiger partial charge in [0.25, 0.3) is 0 Å². The van der Waals surface area contributed by atoms with Crippen LogP contribution in [0.25, 0.3) is 27.6 Å². The molecule has 1 aliphatic rings. The van der Waals surface area contributed by atoms with Crippen LogP contribution in [0.1, 0.15) is 98.4 Å². The van der Waals surface area contributed by atoms with Gasteiger partial charge in [0.1, 0.15) is 17.3 Å². The summed E-state index contributed by atoms with van der Waals surface area (Å²) in [6.45, 7) is 25.8. The second-order valence-electron chi connectivity index (χ2n) is 19.6. The van der Waals surface area contributed by atoms with E-state index in [9.17, 15) is 0 Å². The van der Waals surface area contributed by atoms with Gasteiger partial charge in [-0.1, -0.05) is 137 Å². The molecule has 8 rings (SSSR count). The lowest BCUT2D eigenvalue weighted by Gasteiger charge is -2.32. The Kier molecular flexibility index (Phi) is 9.58. The number of nitrogens with zero attached hydrogens (tertiary/aromatic N) is 4. The number of allylic oxidation sites excluding steroid dienone is 1. The molecule has 5 heteroatoms. The van der Waals surface area contributed by atoms with Gasteiger partial charge < -0.3 is 14.5 Å². The molecule has 0 saturated carbocycles. The average Bonchev–Trinajstić information content (AvgIpc) is 3.79. The van der Waals surface area contributed by atoms with E-state index in [0.717, 1.165) is 39.4 Å². The number of aromatic nitrogens is 2. The minimum atomic E-state index is -0.201. The van der Waals surface area contributed by atoms with Crippen LogP contribution in [-0.2, 0) is 16.2 Å². The molecule has 5 nitrogen and oxygen atoms in total. The summed E-state index contributed by atoms with van der Waals surface area (Å²) in [6, 6.07) is 45.9. The van der Waals surface area contributed by atoms with Gasteiger partial charge in [0, 0.05) is 63.2 Å². The van der Waals surface area contributed by atoms with E-state index in [2.05, 4.69) is 224 Å². The van der Waals surface area contributed by atoms with Crippen LogP contribution in [-0.4, -0.2) is 16.2 Å². The first-order valence-electron chi connectivity index (χ1n) is 20.6. The predicted molar refractivity (Wildman–Crippen MR) is 245 cm³/mol. The maximum Gasteiger partial charge on any atom is 0.137 e. The van der Waals surface area contributed by atoms with Gasteiger partial charge in [-0.3, -0.25) is 4.57 Å². The molecule has 0 saturated heterocycles. The first-order chi connectivity index (χ1) is 27.4. The molecule has 3 heterocycles. The highest BCUT2D eigenvalue weighted by Gasteiger charge is 2.33. The Morgan fingerprint density at radius 1 is 0.500 bits per heavy atom. The molecule has 0 aliphatic carbocycles. The quantitative estimate of drug-likeness (QED) is 0.162. The summed E-state index contributed by atoms with van der Waals surface area (Å²) in [6.07, 6.45) is 4.27. The van der Waals surface area contributed by atoms with Crippen molar-refractivity contribution in [3.63, 3.8) is 0 Å². The molecule has 0 N–H and O–H groups in total. The van der Waals surface area contributed by atoms with E-state index < -0.39 is 0 Å². The smallest absolute Gasteiger partial charge is 0.137 e. The zero-order chi connectivity index (χ0) is 41.2. The number of rotatable bonds is 7. The number of ether oxygens (including phenoxy) is 1. The normalized spacial score (nSPS) is 14.1. The van der Waals surface area contributed by atoms with E-state index in [-0.39, 0.29) is 21.7 Å². The van der Waals surface area contributed by atoms with E-state index >= 15 is 0 Å². The summed E-state index contributed by atoms with van der Waals surface area (Å²) in [7, 11) is 0. The third-order valence-corrected chi connectivity index (χ3v) is 11.8. The highest BCUT2D eigenvalue weighted by atomic mass is 16.5. The maximum absolute atomic E-state index is 6.91. The maximum atomic E-state index is 6.91. The summed E-state index contributed by atoms with van der Waals surface area (Å²) in [5.74, 6) is 2.48. The van der Waals surface area contributed by atoms with E-state index in [1.807, 2.05) is 6.20 Å². The molecule has 7 aromatic rings. The molecule has 296 valence electrons. The fourth-order valence-electron chi connectivity index (χ4n) is 8.19. The van der Waals surface area contributed by atoms with E-state index in [1.54, 1.807) is 0 Å². The van der Waals surface area contributed by atoms with Crippen LogP contribution >= 0.6 is 0 Å². The highest BCUT2D eigenvalue weighted by molar-refractivity contribution is 6.09. The predicted octanol–water partition coefficient (Wildman–Crippen LogP) is 14.1. The largest absolute Gasteiger partial charge is 0.457 e. The number of hydrogen-bond donors (Lipinski definition) is 0. The molecular weight excluding hydrogens is 709 g/mol. The minimum absolute atomic E-state index is 0.0610. The molecule has 0 unspecified atom stereocenters. The summed E-state index contributed by atoms with van der Waals surface area (Å²) < 4.78 is 9.19. The molecule has 58 heavy (non-hydrogen) atoms. The molecule has 5 aromatic carbocycles. The second-order valence-corrected chi connectivity index (χ2v) is 19.6. The van der Waals surface area contributed by atoms with Crippen LogP contribution in [0, 0.1) is 5.41 Å². The fourth-order valence-corrected chi connectivity index (χ4v) is 8.19. The minimum Gasteiger partial charge on any atom is -0.457 e. The summed E-state index contributed by atoms with van der Waals surface area (Å²) in [5.41, 5.74) is 10.5. The fraction of sp³-hybridized carbons (Fsp3) is 0.302. The Morgan fingerprint density at radius 3 is 1.90 bits per heavy atom. The van der Waals surface area contributed by atoms with Crippen LogP contribution in [0.15, 0.2) is 145 Å². The van der Waals surface area contributed by atoms with Crippen LogP contribution in [0.3, 0.4) is 0 Å². The zero-order valence-corrected chi connectivity index (χ0v) is 36.2. The number of pyridine rings is 1. The van der Waals surface area contributed by atoms with Crippen molar-refractivity contribution in [2.24, 2.45) is 5.41 Å². The molecule has 0 amide bonds. The Bertz CT molecular complexity index is 2660. The van der Waals surface area contributed by atoms with Crippen LogP contribution in [0.4, 0.5) is 11.4 Å². The van der Waals surface area contributed by atoms with Crippen molar-refractivity contribution < 1.29 is 4.74 Å². The van der Waals surface area contributed by atoms with Crippen molar-refractivity contribution in [2.45, 2.75) is 92.4 Å². The molecule has 0 fully saturated rings. The van der Waals surface area contributed by atoms with Crippen molar-refractivity contribution in [3.8, 4) is 17.3 Å². The zero-order valence-electron chi connectivity index (χ0n) is 36.2. The van der Waals surface area contributed by atoms with Crippen LogP contribution in [0.5, 0.6) is 11.5 Å². The highest BCUT2D eigenvalue weighted by Crippen LogP contribution is 2.42. The van der Waals surface area contributed by atoms with E-state index in [0.29, 0.717) is 6.67 Å². The summed E-state index contributed by atoms with van der Waals surface area (Å²) in [4.78, 5) is 9.82. The van der Waals surface area contributed by atoms with Gasteiger partial charge in [0.05, 0.1) is 17.7 Å². The number of hydrogen-bond acceptors (Lipinski definition) is 4. The topological polar surface area (TPSA) is 33.5 Å². The molecule has 0 radical (unpaired) electrons. The van der Waals surface area contributed by atoms with Gasteiger partial charge >= 0.3 is 0 Å². The van der Waals surface area contributed by atoms with Crippen LogP contribution in [0.2, 0.25) is 0 Å². The van der Waals surface area contributed by atoms with E-state index in [4.69, 9.17) is 9.72 Å². The van der Waals surface area contributed by atoms with Gasteiger partial charge in [-0.15, -0.1) is 0 Å². The third kappa shape index (κ3) is 7.39.